The third-order valence-electron chi connectivity index (χ3n) is 7.11. The van der Waals surface area contributed by atoms with Crippen molar-refractivity contribution in [2.75, 3.05) is 19.1 Å². The van der Waals surface area contributed by atoms with Gasteiger partial charge in [-0.05, 0) is 50.1 Å². The van der Waals surface area contributed by atoms with Crippen molar-refractivity contribution in [2.24, 2.45) is 0 Å². The zero-order chi connectivity index (χ0) is 29.9. The van der Waals surface area contributed by atoms with Crippen LogP contribution in [0.5, 0.6) is 11.9 Å². The Kier molecular flexibility index (Phi) is 6.76. The second-order valence-electron chi connectivity index (χ2n) is 9.98. The first-order valence-corrected chi connectivity index (χ1v) is 13.3. The number of fused-ring (bicyclic) bond motifs is 2. The molecule has 5 aromatic rings. The number of benzene rings is 1. The molecule has 1 amide bonds. The Morgan fingerprint density at radius 1 is 1.05 bits per heavy atom. The van der Waals surface area contributed by atoms with Gasteiger partial charge in [-0.25, -0.2) is 18.7 Å². The standard InChI is InChI=1S/C28H25ClF2N8O3/c1-13(2)38-21-19(33-24(38)18-11-32-28(42-5)34-26(18)41-4)27(40)39(20(21)15-6-8-16(29)9-7-15)17-10-14(3)23-35-36-25(22(30)31)37(23)12-17/h6-13,20,22H,1-5H3/t20-/m0/s1. The fraction of sp³-hybridized carbons (Fsp3) is 0.286. The van der Waals surface area contributed by atoms with Gasteiger partial charge in [0.2, 0.25) is 11.7 Å². The predicted molar refractivity (Wildman–Crippen MR) is 150 cm³/mol. The number of halogens is 3. The molecule has 0 saturated heterocycles. The van der Waals surface area contributed by atoms with Gasteiger partial charge in [0, 0.05) is 23.5 Å². The summed E-state index contributed by atoms with van der Waals surface area (Å²) in [7, 11) is 2.92. The molecule has 0 unspecified atom stereocenters. The SMILES string of the molecule is COc1ncc(-c2nc3c(n2C(C)C)[C@H](c2ccc(Cl)cc2)N(c2cc(C)c4nnc(C(F)F)n4c2)C3=O)c(OC)n1. The summed E-state index contributed by atoms with van der Waals surface area (Å²) in [6.45, 7) is 5.67. The van der Waals surface area contributed by atoms with Crippen LogP contribution in [0.2, 0.25) is 5.02 Å². The number of anilines is 1. The number of nitrogens with zero attached hydrogens (tertiary/aromatic N) is 8. The zero-order valence-electron chi connectivity index (χ0n) is 23.2. The van der Waals surface area contributed by atoms with Crippen molar-refractivity contribution in [3.63, 3.8) is 0 Å². The maximum absolute atomic E-state index is 14.3. The fourth-order valence-electron chi connectivity index (χ4n) is 5.34. The largest absolute Gasteiger partial charge is 0.480 e. The average molecular weight is 595 g/mol. The first kappa shape index (κ1) is 27.5. The molecule has 42 heavy (non-hydrogen) atoms. The van der Waals surface area contributed by atoms with Gasteiger partial charge in [0.1, 0.15) is 11.9 Å². The number of amides is 1. The van der Waals surface area contributed by atoms with E-state index in [1.807, 2.05) is 30.5 Å². The van der Waals surface area contributed by atoms with E-state index in [9.17, 15) is 13.6 Å². The molecule has 0 saturated carbocycles. The highest BCUT2D eigenvalue weighted by Gasteiger charge is 2.45. The van der Waals surface area contributed by atoms with E-state index in [1.165, 1.54) is 31.0 Å². The van der Waals surface area contributed by atoms with Crippen molar-refractivity contribution in [2.45, 2.75) is 39.3 Å². The van der Waals surface area contributed by atoms with E-state index in [2.05, 4.69) is 20.2 Å². The van der Waals surface area contributed by atoms with Crippen LogP contribution in [-0.2, 0) is 0 Å². The Balaban J connectivity index is 1.61. The molecule has 1 aliphatic rings. The van der Waals surface area contributed by atoms with Crippen LogP contribution in [0.15, 0.2) is 42.7 Å². The van der Waals surface area contributed by atoms with Crippen molar-refractivity contribution < 1.29 is 23.0 Å². The summed E-state index contributed by atoms with van der Waals surface area (Å²) in [4.78, 5) is 29.2. The van der Waals surface area contributed by atoms with Crippen molar-refractivity contribution in [3.05, 3.63) is 76.1 Å². The van der Waals surface area contributed by atoms with Crippen LogP contribution in [0, 0.1) is 6.92 Å². The summed E-state index contributed by atoms with van der Waals surface area (Å²) in [5.74, 6) is -0.259. The summed E-state index contributed by atoms with van der Waals surface area (Å²) < 4.78 is 41.4. The monoisotopic (exact) mass is 594 g/mol. The number of aromatic nitrogens is 7. The zero-order valence-corrected chi connectivity index (χ0v) is 24.0. The lowest BCUT2D eigenvalue weighted by Gasteiger charge is -2.29. The van der Waals surface area contributed by atoms with E-state index in [-0.39, 0.29) is 29.3 Å². The third kappa shape index (κ3) is 4.23. The first-order valence-electron chi connectivity index (χ1n) is 12.9. The van der Waals surface area contributed by atoms with Crippen LogP contribution in [0.25, 0.3) is 17.0 Å². The quantitative estimate of drug-likeness (QED) is 0.238. The van der Waals surface area contributed by atoms with Gasteiger partial charge in [-0.1, -0.05) is 23.7 Å². The van der Waals surface area contributed by atoms with Crippen molar-refractivity contribution >= 4 is 28.8 Å². The summed E-state index contributed by atoms with van der Waals surface area (Å²) in [5.41, 5.74) is 3.26. The number of alkyl halides is 2. The number of imidazole rings is 1. The lowest BCUT2D eigenvalue weighted by Crippen LogP contribution is -2.30. The van der Waals surface area contributed by atoms with E-state index in [0.717, 1.165) is 5.56 Å². The molecule has 0 spiro atoms. The number of hydrogen-bond acceptors (Lipinski definition) is 8. The highest BCUT2D eigenvalue weighted by Crippen LogP contribution is 2.46. The average Bonchev–Trinajstić information content (AvgIpc) is 3.65. The minimum atomic E-state index is -2.86. The van der Waals surface area contributed by atoms with Gasteiger partial charge < -0.3 is 14.0 Å². The van der Waals surface area contributed by atoms with Gasteiger partial charge in [-0.15, -0.1) is 10.2 Å². The van der Waals surface area contributed by atoms with Gasteiger partial charge >= 0.3 is 6.01 Å². The first-order chi connectivity index (χ1) is 20.1. The van der Waals surface area contributed by atoms with E-state index in [0.29, 0.717) is 33.4 Å². The van der Waals surface area contributed by atoms with Crippen LogP contribution < -0.4 is 14.4 Å². The topological polar surface area (TPSA) is 113 Å². The molecule has 0 bridgehead atoms. The predicted octanol–water partition coefficient (Wildman–Crippen LogP) is 5.63. The van der Waals surface area contributed by atoms with Crippen LogP contribution in [-0.4, -0.2) is 54.2 Å². The second kappa shape index (κ2) is 10.3. The van der Waals surface area contributed by atoms with Crippen LogP contribution >= 0.6 is 11.6 Å². The number of rotatable bonds is 7. The van der Waals surface area contributed by atoms with E-state index in [4.69, 9.17) is 26.1 Å². The van der Waals surface area contributed by atoms with Crippen molar-refractivity contribution in [1.29, 1.82) is 0 Å². The van der Waals surface area contributed by atoms with Gasteiger partial charge in [-0.2, -0.15) is 4.98 Å². The molecule has 1 aliphatic heterocycles. The van der Waals surface area contributed by atoms with Crippen LogP contribution in [0.3, 0.4) is 0 Å². The minimum Gasteiger partial charge on any atom is -0.480 e. The molecule has 0 radical (unpaired) electrons. The Morgan fingerprint density at radius 3 is 2.43 bits per heavy atom. The number of ether oxygens (including phenoxy) is 2. The van der Waals surface area contributed by atoms with Gasteiger partial charge in [0.05, 0.1) is 31.2 Å². The lowest BCUT2D eigenvalue weighted by atomic mass is 10.0. The number of pyridine rings is 1. The van der Waals surface area contributed by atoms with Crippen LogP contribution in [0.1, 0.15) is 65.5 Å². The molecule has 14 heteroatoms. The van der Waals surface area contributed by atoms with Crippen molar-refractivity contribution in [3.8, 4) is 23.3 Å². The fourth-order valence-corrected chi connectivity index (χ4v) is 5.47. The Labute approximate surface area is 243 Å². The second-order valence-corrected chi connectivity index (χ2v) is 10.4. The summed E-state index contributed by atoms with van der Waals surface area (Å²) in [6, 6.07) is 8.12. The number of hydrogen-bond donors (Lipinski definition) is 0. The summed E-state index contributed by atoms with van der Waals surface area (Å²) >= 11 is 6.22. The third-order valence-corrected chi connectivity index (χ3v) is 7.36. The van der Waals surface area contributed by atoms with E-state index in [1.54, 1.807) is 30.0 Å². The van der Waals surface area contributed by atoms with Gasteiger partial charge in [0.15, 0.2) is 11.3 Å². The van der Waals surface area contributed by atoms with E-state index < -0.39 is 24.2 Å². The van der Waals surface area contributed by atoms with Crippen molar-refractivity contribution in [1.82, 2.24) is 34.1 Å². The highest BCUT2D eigenvalue weighted by atomic mass is 35.5. The van der Waals surface area contributed by atoms with Crippen LogP contribution in [0.4, 0.5) is 14.5 Å². The maximum atomic E-state index is 14.3. The Hall–Kier alpha value is -4.65. The molecule has 216 valence electrons. The Morgan fingerprint density at radius 2 is 1.79 bits per heavy atom. The molecule has 1 atom stereocenters. The molecule has 4 aromatic heterocycles. The maximum Gasteiger partial charge on any atom is 0.319 e. The number of carbonyl (C=O) groups is 1. The molecular formula is C28H25ClF2N8O3. The molecule has 0 N–H and O–H groups in total. The molecule has 1 aromatic carbocycles. The van der Waals surface area contributed by atoms with E-state index >= 15 is 0 Å². The van der Waals surface area contributed by atoms with Gasteiger partial charge in [-0.3, -0.25) is 14.1 Å². The molecular weight excluding hydrogens is 570 g/mol. The number of methoxy groups -OCH3 is 2. The number of aryl methyl sites for hydroxylation is 1. The molecule has 0 fully saturated rings. The molecule has 11 nitrogen and oxygen atoms in total. The lowest BCUT2D eigenvalue weighted by molar-refractivity contribution is 0.0989. The molecule has 5 heterocycles. The smallest absolute Gasteiger partial charge is 0.319 e. The molecule has 0 aliphatic carbocycles. The highest BCUT2D eigenvalue weighted by molar-refractivity contribution is 6.30. The summed E-state index contributed by atoms with van der Waals surface area (Å²) in [5, 5.41) is 8.11. The normalized spacial score (nSPS) is 14.9. The Bertz CT molecular complexity index is 1840. The number of carbonyl (C=O) groups excluding carboxylic acids is 1. The summed E-state index contributed by atoms with van der Waals surface area (Å²) in [6.07, 6.45) is 0.136. The minimum absolute atomic E-state index is 0.120. The van der Waals surface area contributed by atoms with Gasteiger partial charge in [0.25, 0.3) is 12.3 Å². The molecule has 6 rings (SSSR count).